The van der Waals surface area contributed by atoms with E-state index < -0.39 is 17.4 Å². The molecule has 0 saturated heterocycles. The molecule has 0 rings (SSSR count). The molecule has 0 aliphatic carbocycles. The van der Waals surface area contributed by atoms with Crippen LogP contribution in [-0.2, 0) is 14.3 Å². The second kappa shape index (κ2) is 8.28. The molecule has 0 aromatic heterocycles. The summed E-state index contributed by atoms with van der Waals surface area (Å²) in [6.07, 6.45) is 2.53. The topological polar surface area (TPSA) is 63.6 Å². The number of carboxylic acids is 1. The molecule has 118 valence electrons. The molecule has 2 atom stereocenters. The zero-order valence-corrected chi connectivity index (χ0v) is 13.7. The van der Waals surface area contributed by atoms with Crippen LogP contribution in [0.25, 0.3) is 0 Å². The molecule has 0 aromatic carbocycles. The minimum absolute atomic E-state index is 0.118. The number of hydrogen-bond acceptors (Lipinski definition) is 3. The van der Waals surface area contributed by atoms with Gasteiger partial charge in [0.2, 0.25) is 0 Å². The number of carboxylic acid groups (broad SMARTS) is 1. The van der Waals surface area contributed by atoms with E-state index in [4.69, 9.17) is 4.74 Å². The Balaban J connectivity index is 5.30. The zero-order valence-electron chi connectivity index (χ0n) is 13.7. The van der Waals surface area contributed by atoms with Crippen molar-refractivity contribution in [1.29, 1.82) is 0 Å². The first-order valence-electron chi connectivity index (χ1n) is 7.66. The van der Waals surface area contributed by atoms with Gasteiger partial charge in [-0.1, -0.05) is 48.0 Å². The molecule has 0 aromatic rings. The van der Waals surface area contributed by atoms with Crippen LogP contribution in [0.1, 0.15) is 67.2 Å². The molecule has 0 radical (unpaired) electrons. The fraction of sp³-hybridized carbons (Fsp3) is 0.875. The highest BCUT2D eigenvalue weighted by molar-refractivity contribution is 5.99. The molecule has 0 fully saturated rings. The molecule has 0 heterocycles. The average molecular weight is 286 g/mol. The van der Waals surface area contributed by atoms with Crippen LogP contribution >= 0.6 is 0 Å². The quantitative estimate of drug-likeness (QED) is 0.516. The summed E-state index contributed by atoms with van der Waals surface area (Å²) in [6.45, 7) is 11.4. The summed E-state index contributed by atoms with van der Waals surface area (Å²) in [7, 11) is 0. The van der Waals surface area contributed by atoms with E-state index in [9.17, 15) is 14.7 Å². The summed E-state index contributed by atoms with van der Waals surface area (Å²) in [5.74, 6) is -1.83. The minimum atomic E-state index is -1.44. The number of carbonyl (C=O) groups excluding carboxylic acids is 1. The Morgan fingerprint density at radius 1 is 1.15 bits per heavy atom. The minimum Gasteiger partial charge on any atom is -0.480 e. The van der Waals surface area contributed by atoms with E-state index in [0.717, 1.165) is 19.3 Å². The molecule has 0 spiro atoms. The fourth-order valence-electron chi connectivity index (χ4n) is 2.55. The third-order valence-electron chi connectivity index (χ3n) is 3.80. The van der Waals surface area contributed by atoms with Crippen LogP contribution in [0.2, 0.25) is 0 Å². The standard InChI is InChI=1S/C16H30O4/c1-7-9-13(8-2)20-15(19)16(12(5)6,14(17)18)10-11(3)4/h11-13H,7-10H2,1-6H3,(H,17,18). The van der Waals surface area contributed by atoms with Crippen molar-refractivity contribution in [2.24, 2.45) is 17.3 Å². The lowest BCUT2D eigenvalue weighted by molar-refractivity contribution is -0.178. The van der Waals surface area contributed by atoms with Crippen molar-refractivity contribution in [2.75, 3.05) is 0 Å². The first kappa shape index (κ1) is 18.9. The maximum atomic E-state index is 12.5. The van der Waals surface area contributed by atoms with Crippen molar-refractivity contribution in [3.63, 3.8) is 0 Å². The van der Waals surface area contributed by atoms with Gasteiger partial charge in [0, 0.05) is 0 Å². The van der Waals surface area contributed by atoms with Gasteiger partial charge in [0.25, 0.3) is 0 Å². The molecular weight excluding hydrogens is 256 g/mol. The van der Waals surface area contributed by atoms with Gasteiger partial charge in [-0.2, -0.15) is 0 Å². The lowest BCUT2D eigenvalue weighted by atomic mass is 9.71. The van der Waals surface area contributed by atoms with Gasteiger partial charge < -0.3 is 9.84 Å². The summed E-state index contributed by atoms with van der Waals surface area (Å²) in [5, 5.41) is 9.63. The number of rotatable bonds is 9. The Bertz CT molecular complexity index is 322. The molecule has 0 aliphatic heterocycles. The molecule has 4 nitrogen and oxygen atoms in total. The molecule has 4 heteroatoms. The van der Waals surface area contributed by atoms with Gasteiger partial charge in [0.1, 0.15) is 6.10 Å². The predicted molar refractivity (Wildman–Crippen MR) is 79.4 cm³/mol. The van der Waals surface area contributed by atoms with Crippen molar-refractivity contribution >= 4 is 11.9 Å². The van der Waals surface area contributed by atoms with E-state index in [2.05, 4.69) is 0 Å². The summed E-state index contributed by atoms with van der Waals surface area (Å²) in [5.41, 5.74) is -1.44. The van der Waals surface area contributed by atoms with Gasteiger partial charge in [-0.15, -0.1) is 0 Å². The Morgan fingerprint density at radius 2 is 1.70 bits per heavy atom. The first-order valence-corrected chi connectivity index (χ1v) is 7.66. The molecule has 0 bridgehead atoms. The Hall–Kier alpha value is -1.06. The van der Waals surface area contributed by atoms with Crippen LogP contribution in [-0.4, -0.2) is 23.1 Å². The van der Waals surface area contributed by atoms with Crippen LogP contribution in [0.3, 0.4) is 0 Å². The van der Waals surface area contributed by atoms with Gasteiger partial charge in [-0.25, -0.2) is 0 Å². The molecule has 1 N–H and O–H groups in total. The zero-order chi connectivity index (χ0) is 15.9. The van der Waals surface area contributed by atoms with Crippen LogP contribution in [0.5, 0.6) is 0 Å². The number of ether oxygens (including phenoxy) is 1. The van der Waals surface area contributed by atoms with Gasteiger partial charge in [-0.3, -0.25) is 9.59 Å². The number of aliphatic carboxylic acids is 1. The highest BCUT2D eigenvalue weighted by Gasteiger charge is 2.51. The Kier molecular flexibility index (Phi) is 7.84. The molecule has 0 amide bonds. The average Bonchev–Trinajstić information content (AvgIpc) is 2.33. The molecule has 0 aliphatic rings. The van der Waals surface area contributed by atoms with Gasteiger partial charge in [0.15, 0.2) is 5.41 Å². The number of carbonyl (C=O) groups is 2. The van der Waals surface area contributed by atoms with Crippen molar-refractivity contribution in [2.45, 2.75) is 73.3 Å². The Labute approximate surface area is 122 Å². The maximum Gasteiger partial charge on any atom is 0.324 e. The number of esters is 1. The molecule has 20 heavy (non-hydrogen) atoms. The van der Waals surface area contributed by atoms with Crippen molar-refractivity contribution < 1.29 is 19.4 Å². The summed E-state index contributed by atoms with van der Waals surface area (Å²) in [4.78, 5) is 24.3. The highest BCUT2D eigenvalue weighted by Crippen LogP contribution is 2.37. The second-order valence-electron chi connectivity index (χ2n) is 6.25. The highest BCUT2D eigenvalue weighted by atomic mass is 16.5. The van der Waals surface area contributed by atoms with Crippen LogP contribution in [0.4, 0.5) is 0 Å². The van der Waals surface area contributed by atoms with Crippen LogP contribution in [0.15, 0.2) is 0 Å². The first-order chi connectivity index (χ1) is 9.22. The Morgan fingerprint density at radius 3 is 2.00 bits per heavy atom. The molecular formula is C16H30O4. The van der Waals surface area contributed by atoms with Crippen molar-refractivity contribution in [1.82, 2.24) is 0 Å². The van der Waals surface area contributed by atoms with Gasteiger partial charge in [0.05, 0.1) is 0 Å². The van der Waals surface area contributed by atoms with Crippen molar-refractivity contribution in [3.8, 4) is 0 Å². The monoisotopic (exact) mass is 286 g/mol. The van der Waals surface area contributed by atoms with Gasteiger partial charge >= 0.3 is 11.9 Å². The van der Waals surface area contributed by atoms with E-state index in [1.54, 1.807) is 13.8 Å². The number of hydrogen-bond donors (Lipinski definition) is 1. The fourth-order valence-corrected chi connectivity index (χ4v) is 2.55. The van der Waals surface area contributed by atoms with E-state index in [0.29, 0.717) is 6.42 Å². The molecule has 2 unspecified atom stereocenters. The molecule has 0 saturated carbocycles. The van der Waals surface area contributed by atoms with E-state index in [1.165, 1.54) is 0 Å². The summed E-state index contributed by atoms with van der Waals surface area (Å²) in [6, 6.07) is 0. The van der Waals surface area contributed by atoms with E-state index in [1.807, 2.05) is 27.7 Å². The van der Waals surface area contributed by atoms with Crippen LogP contribution in [0, 0.1) is 17.3 Å². The maximum absolute atomic E-state index is 12.5. The smallest absolute Gasteiger partial charge is 0.324 e. The predicted octanol–water partition coefficient (Wildman–Crippen LogP) is 3.88. The lowest BCUT2D eigenvalue weighted by Crippen LogP contribution is -2.47. The van der Waals surface area contributed by atoms with Crippen LogP contribution < -0.4 is 0 Å². The SMILES string of the molecule is CCCC(CC)OC(=O)C(CC(C)C)(C(=O)O)C(C)C. The van der Waals surface area contributed by atoms with E-state index >= 15 is 0 Å². The normalized spacial score (nSPS) is 16.0. The summed E-state index contributed by atoms with van der Waals surface area (Å²) < 4.78 is 5.51. The lowest BCUT2D eigenvalue weighted by Gasteiger charge is -2.33. The van der Waals surface area contributed by atoms with Crippen molar-refractivity contribution in [3.05, 3.63) is 0 Å². The third kappa shape index (κ3) is 4.50. The van der Waals surface area contributed by atoms with Gasteiger partial charge in [-0.05, 0) is 31.1 Å². The summed E-state index contributed by atoms with van der Waals surface area (Å²) >= 11 is 0. The largest absolute Gasteiger partial charge is 0.480 e. The second-order valence-corrected chi connectivity index (χ2v) is 6.25. The van der Waals surface area contributed by atoms with E-state index in [-0.39, 0.29) is 17.9 Å². The third-order valence-corrected chi connectivity index (χ3v) is 3.80.